The molecule has 0 aliphatic rings. The third-order valence-electron chi connectivity index (χ3n) is 3.96. The topological polar surface area (TPSA) is 115 Å². The highest BCUT2D eigenvalue weighted by atomic mass is 16.6. The Labute approximate surface area is 134 Å². The number of hydrogen-bond donors (Lipinski definition) is 1. The molecule has 8 nitrogen and oxygen atoms in total. The molecule has 0 atom stereocenters. The van der Waals surface area contributed by atoms with Crippen molar-refractivity contribution in [3.63, 3.8) is 0 Å². The molecule has 8 heteroatoms. The lowest BCUT2D eigenvalue weighted by atomic mass is 9.98. The van der Waals surface area contributed by atoms with Crippen LogP contribution in [0.15, 0.2) is 6.07 Å². The molecule has 126 valence electrons. The molecule has 0 aliphatic heterocycles. The van der Waals surface area contributed by atoms with E-state index >= 15 is 0 Å². The largest absolute Gasteiger partial charge is 0.353 e. The first kappa shape index (κ1) is 18.5. The smallest absolute Gasteiger partial charge is 0.283 e. The van der Waals surface area contributed by atoms with Gasteiger partial charge in [0.05, 0.1) is 16.3 Å². The van der Waals surface area contributed by atoms with Crippen LogP contribution in [0.3, 0.4) is 0 Å². The summed E-state index contributed by atoms with van der Waals surface area (Å²) in [6.45, 7) is 6.92. The average Bonchev–Trinajstić information content (AvgIpc) is 2.47. The fraction of sp³-hybridized carbons (Fsp3) is 0.533. The number of nitro benzene ring substituents is 2. The predicted molar refractivity (Wildman–Crippen MR) is 85.4 cm³/mol. The molecule has 0 spiro atoms. The number of nitrogens with one attached hydrogen (secondary N) is 1. The van der Waals surface area contributed by atoms with Crippen LogP contribution in [0.25, 0.3) is 0 Å². The Morgan fingerprint density at radius 1 is 1.17 bits per heavy atom. The SMILES string of the molecule is CCC(CC)NC(=O)Cc1c([N+](=O)[O-])cc(C)c(C)c1[N+](=O)[O-]. The van der Waals surface area contributed by atoms with Gasteiger partial charge in [-0.15, -0.1) is 0 Å². The summed E-state index contributed by atoms with van der Waals surface area (Å²) in [5, 5.41) is 25.3. The van der Waals surface area contributed by atoms with Gasteiger partial charge in [0.1, 0.15) is 5.56 Å². The van der Waals surface area contributed by atoms with Crippen molar-refractivity contribution < 1.29 is 14.6 Å². The van der Waals surface area contributed by atoms with E-state index in [1.807, 2.05) is 13.8 Å². The first-order chi connectivity index (χ1) is 10.7. The van der Waals surface area contributed by atoms with Crippen LogP contribution in [0.2, 0.25) is 0 Å². The Morgan fingerprint density at radius 3 is 2.17 bits per heavy atom. The zero-order chi connectivity index (χ0) is 17.7. The molecule has 0 saturated heterocycles. The third-order valence-corrected chi connectivity index (χ3v) is 3.96. The number of carbonyl (C=O) groups is 1. The molecule has 0 radical (unpaired) electrons. The van der Waals surface area contributed by atoms with Gasteiger partial charge in [0.25, 0.3) is 11.4 Å². The Kier molecular flexibility index (Phi) is 6.18. The molecule has 0 aromatic heterocycles. The standard InChI is InChI=1S/C15H21N3O5/c1-5-11(6-2)16-14(19)8-12-13(17(20)21)7-9(3)10(4)15(12)18(22)23/h7,11H,5-6,8H2,1-4H3,(H,16,19). The maximum atomic E-state index is 12.1. The van der Waals surface area contributed by atoms with Crippen LogP contribution in [-0.2, 0) is 11.2 Å². The summed E-state index contributed by atoms with van der Waals surface area (Å²) in [6.07, 6.45) is 1.06. The van der Waals surface area contributed by atoms with Gasteiger partial charge in [-0.1, -0.05) is 13.8 Å². The first-order valence-corrected chi connectivity index (χ1v) is 7.44. The van der Waals surface area contributed by atoms with Crippen LogP contribution >= 0.6 is 0 Å². The second-order valence-electron chi connectivity index (χ2n) is 5.44. The van der Waals surface area contributed by atoms with E-state index in [0.717, 1.165) is 12.8 Å². The van der Waals surface area contributed by atoms with Crippen molar-refractivity contribution >= 4 is 17.3 Å². The molecule has 0 fully saturated rings. The van der Waals surface area contributed by atoms with E-state index in [1.54, 1.807) is 6.92 Å². The van der Waals surface area contributed by atoms with Crippen molar-refractivity contribution in [3.05, 3.63) is 43.0 Å². The fourth-order valence-corrected chi connectivity index (χ4v) is 2.45. The van der Waals surface area contributed by atoms with E-state index < -0.39 is 15.8 Å². The van der Waals surface area contributed by atoms with Crippen molar-refractivity contribution in [1.29, 1.82) is 0 Å². The van der Waals surface area contributed by atoms with Gasteiger partial charge in [-0.25, -0.2) is 0 Å². The number of nitro groups is 2. The first-order valence-electron chi connectivity index (χ1n) is 7.44. The van der Waals surface area contributed by atoms with Gasteiger partial charge in [0, 0.05) is 17.7 Å². The lowest BCUT2D eigenvalue weighted by Gasteiger charge is -2.15. The second-order valence-corrected chi connectivity index (χ2v) is 5.44. The van der Waals surface area contributed by atoms with Gasteiger partial charge in [0.15, 0.2) is 0 Å². The lowest BCUT2D eigenvalue weighted by Crippen LogP contribution is -2.35. The van der Waals surface area contributed by atoms with Gasteiger partial charge < -0.3 is 5.32 Å². The molecular weight excluding hydrogens is 302 g/mol. The van der Waals surface area contributed by atoms with E-state index in [1.165, 1.54) is 13.0 Å². The number of hydrogen-bond acceptors (Lipinski definition) is 5. The van der Waals surface area contributed by atoms with Crippen LogP contribution < -0.4 is 5.32 Å². The minimum absolute atomic E-state index is 0.0489. The van der Waals surface area contributed by atoms with Crippen molar-refractivity contribution in [2.45, 2.75) is 53.0 Å². The number of carbonyl (C=O) groups excluding carboxylic acids is 1. The van der Waals surface area contributed by atoms with Crippen molar-refractivity contribution in [3.8, 4) is 0 Å². The van der Waals surface area contributed by atoms with Gasteiger partial charge >= 0.3 is 0 Å². The van der Waals surface area contributed by atoms with Gasteiger partial charge in [0.2, 0.25) is 5.91 Å². The Morgan fingerprint density at radius 2 is 1.74 bits per heavy atom. The molecule has 0 heterocycles. The van der Waals surface area contributed by atoms with Crippen molar-refractivity contribution in [2.24, 2.45) is 0 Å². The summed E-state index contributed by atoms with van der Waals surface area (Å²) >= 11 is 0. The molecule has 0 aliphatic carbocycles. The highest BCUT2D eigenvalue weighted by Gasteiger charge is 2.30. The third kappa shape index (κ3) is 4.24. The molecule has 1 aromatic carbocycles. The fourth-order valence-electron chi connectivity index (χ4n) is 2.45. The number of nitrogens with zero attached hydrogens (tertiary/aromatic N) is 2. The van der Waals surface area contributed by atoms with E-state index in [4.69, 9.17) is 0 Å². The molecular formula is C15H21N3O5. The van der Waals surface area contributed by atoms with Crippen LogP contribution in [0.4, 0.5) is 11.4 Å². The number of aryl methyl sites for hydroxylation is 1. The molecule has 1 amide bonds. The summed E-state index contributed by atoms with van der Waals surface area (Å²) < 4.78 is 0. The summed E-state index contributed by atoms with van der Waals surface area (Å²) in [5.41, 5.74) is -0.0964. The normalized spacial score (nSPS) is 10.7. The predicted octanol–water partition coefficient (Wildman–Crippen LogP) is 2.97. The van der Waals surface area contributed by atoms with Crippen molar-refractivity contribution in [1.82, 2.24) is 5.32 Å². The summed E-state index contributed by atoms with van der Waals surface area (Å²) in [5.74, 6) is -0.451. The maximum Gasteiger partial charge on any atom is 0.283 e. The number of benzene rings is 1. The van der Waals surface area contributed by atoms with E-state index in [9.17, 15) is 25.0 Å². The van der Waals surface area contributed by atoms with Crippen LogP contribution in [0.1, 0.15) is 43.4 Å². The van der Waals surface area contributed by atoms with Crippen LogP contribution in [-0.4, -0.2) is 21.8 Å². The summed E-state index contributed by atoms with van der Waals surface area (Å²) in [7, 11) is 0. The van der Waals surface area contributed by atoms with Crippen LogP contribution in [0.5, 0.6) is 0 Å². The number of rotatable bonds is 7. The molecule has 0 bridgehead atoms. The molecule has 1 N–H and O–H groups in total. The highest BCUT2D eigenvalue weighted by Crippen LogP contribution is 2.34. The zero-order valence-electron chi connectivity index (χ0n) is 13.7. The average molecular weight is 323 g/mol. The molecule has 0 unspecified atom stereocenters. The van der Waals surface area contributed by atoms with Gasteiger partial charge in [-0.05, 0) is 32.3 Å². The summed E-state index contributed by atoms with van der Waals surface area (Å²) in [6, 6.07) is 1.23. The molecule has 1 rings (SSSR count). The zero-order valence-corrected chi connectivity index (χ0v) is 13.7. The quantitative estimate of drug-likeness (QED) is 0.611. The van der Waals surface area contributed by atoms with E-state index in [2.05, 4.69) is 5.32 Å². The molecule has 0 saturated carbocycles. The second kappa shape index (κ2) is 7.66. The Balaban J connectivity index is 3.32. The van der Waals surface area contributed by atoms with E-state index in [-0.39, 0.29) is 29.4 Å². The monoisotopic (exact) mass is 323 g/mol. The number of amides is 1. The van der Waals surface area contributed by atoms with Crippen LogP contribution in [0, 0.1) is 34.1 Å². The minimum Gasteiger partial charge on any atom is -0.353 e. The Hall–Kier alpha value is -2.51. The molecule has 1 aromatic rings. The molecule has 23 heavy (non-hydrogen) atoms. The van der Waals surface area contributed by atoms with E-state index in [0.29, 0.717) is 11.1 Å². The Bertz CT molecular complexity index is 638. The van der Waals surface area contributed by atoms with Gasteiger partial charge in [-0.2, -0.15) is 0 Å². The highest BCUT2D eigenvalue weighted by molar-refractivity contribution is 5.82. The van der Waals surface area contributed by atoms with Gasteiger partial charge in [-0.3, -0.25) is 25.0 Å². The minimum atomic E-state index is -0.681. The van der Waals surface area contributed by atoms with Crippen molar-refractivity contribution in [2.75, 3.05) is 0 Å². The lowest BCUT2D eigenvalue weighted by molar-refractivity contribution is -0.395. The maximum absolute atomic E-state index is 12.1. The summed E-state index contributed by atoms with van der Waals surface area (Å²) in [4.78, 5) is 33.4.